The Hall–Kier alpha value is -1.36. The highest BCUT2D eigenvalue weighted by molar-refractivity contribution is 9.10. The summed E-state index contributed by atoms with van der Waals surface area (Å²) in [7, 11) is 1.79. The number of halogens is 2. The fourth-order valence-electron chi connectivity index (χ4n) is 1.43. The van der Waals surface area contributed by atoms with E-state index in [9.17, 15) is 4.39 Å². The van der Waals surface area contributed by atoms with Crippen LogP contribution >= 0.6 is 15.9 Å². The molecule has 15 heavy (non-hydrogen) atoms. The number of aromatic nitrogens is 2. The molecule has 1 heterocycles. The van der Waals surface area contributed by atoms with Crippen LogP contribution in [0.1, 0.15) is 0 Å². The number of rotatable bonds is 1. The monoisotopic (exact) mass is 269 g/mol. The second kappa shape index (κ2) is 3.66. The Morgan fingerprint density at radius 3 is 2.73 bits per heavy atom. The second-order valence-electron chi connectivity index (χ2n) is 3.18. The summed E-state index contributed by atoms with van der Waals surface area (Å²) in [6, 6.07) is 6.31. The van der Waals surface area contributed by atoms with Gasteiger partial charge in [-0.15, -0.1) is 0 Å². The van der Waals surface area contributed by atoms with Crippen molar-refractivity contribution < 1.29 is 4.39 Å². The summed E-state index contributed by atoms with van der Waals surface area (Å²) in [6.07, 6.45) is 0. The molecule has 0 unspecified atom stereocenters. The summed E-state index contributed by atoms with van der Waals surface area (Å²) in [5.74, 6) is 0.111. The van der Waals surface area contributed by atoms with Crippen molar-refractivity contribution in [2.24, 2.45) is 7.05 Å². The molecule has 2 rings (SSSR count). The minimum absolute atomic E-state index is 0.279. The molecule has 1 aromatic carbocycles. The molecule has 0 aliphatic heterocycles. The van der Waals surface area contributed by atoms with Crippen molar-refractivity contribution in [3.05, 3.63) is 34.7 Å². The number of benzene rings is 1. The van der Waals surface area contributed by atoms with Gasteiger partial charge in [-0.2, -0.15) is 0 Å². The zero-order valence-electron chi connectivity index (χ0n) is 8.04. The van der Waals surface area contributed by atoms with Gasteiger partial charge in [0.2, 0.25) is 5.95 Å². The van der Waals surface area contributed by atoms with Gasteiger partial charge in [-0.25, -0.2) is 9.37 Å². The van der Waals surface area contributed by atoms with Crippen LogP contribution in [-0.4, -0.2) is 9.55 Å². The van der Waals surface area contributed by atoms with Crippen LogP contribution < -0.4 is 5.73 Å². The third-order valence-electron chi connectivity index (χ3n) is 2.19. The first kappa shape index (κ1) is 10.2. The molecule has 2 N–H and O–H groups in total. The van der Waals surface area contributed by atoms with Gasteiger partial charge in [0.15, 0.2) is 0 Å². The maximum atomic E-state index is 13.0. The molecule has 2 aromatic rings. The molecule has 0 spiro atoms. The number of nitrogens with two attached hydrogens (primary N) is 1. The molecule has 0 aliphatic carbocycles. The molecule has 0 aliphatic rings. The lowest BCUT2D eigenvalue weighted by atomic mass is 10.1. The summed E-state index contributed by atoms with van der Waals surface area (Å²) in [5, 5.41) is 0. The molecule has 5 heteroatoms. The van der Waals surface area contributed by atoms with E-state index >= 15 is 0 Å². The van der Waals surface area contributed by atoms with Crippen LogP contribution in [0.5, 0.6) is 0 Å². The van der Waals surface area contributed by atoms with E-state index in [1.54, 1.807) is 17.7 Å². The highest BCUT2D eigenvalue weighted by Gasteiger charge is 2.12. The number of nitrogen functional groups attached to an aromatic ring is 1. The van der Waals surface area contributed by atoms with Crippen molar-refractivity contribution in [1.29, 1.82) is 0 Å². The van der Waals surface area contributed by atoms with E-state index < -0.39 is 0 Å². The fourth-order valence-corrected chi connectivity index (χ4v) is 2.11. The average molecular weight is 270 g/mol. The summed E-state index contributed by atoms with van der Waals surface area (Å²) >= 11 is 3.29. The number of imidazole rings is 1. The number of hydrogen-bond donors (Lipinski definition) is 1. The lowest BCUT2D eigenvalue weighted by Crippen LogP contribution is -1.98. The molecule has 78 valence electrons. The Kier molecular flexibility index (Phi) is 2.48. The minimum atomic E-state index is -0.279. The molecule has 1 aromatic heterocycles. The average Bonchev–Trinajstić information content (AvgIpc) is 2.41. The van der Waals surface area contributed by atoms with Gasteiger partial charge in [-0.3, -0.25) is 0 Å². The van der Waals surface area contributed by atoms with E-state index in [0.717, 1.165) is 11.3 Å². The Bertz CT molecular complexity index is 507. The van der Waals surface area contributed by atoms with Crippen LogP contribution in [-0.2, 0) is 7.05 Å². The normalized spacial score (nSPS) is 10.6. The first-order valence-electron chi connectivity index (χ1n) is 4.33. The SMILES string of the molecule is Cn1c(N)nc(Br)c1-c1cccc(F)c1. The lowest BCUT2D eigenvalue weighted by Gasteiger charge is -2.04. The van der Waals surface area contributed by atoms with Gasteiger partial charge in [-0.05, 0) is 28.1 Å². The van der Waals surface area contributed by atoms with Crippen molar-refractivity contribution in [2.75, 3.05) is 5.73 Å². The Balaban J connectivity index is 2.63. The van der Waals surface area contributed by atoms with Crippen molar-refractivity contribution >= 4 is 21.9 Å². The smallest absolute Gasteiger partial charge is 0.201 e. The molecule has 0 radical (unpaired) electrons. The van der Waals surface area contributed by atoms with Crippen LogP contribution in [0.4, 0.5) is 10.3 Å². The Morgan fingerprint density at radius 2 is 2.20 bits per heavy atom. The third-order valence-corrected chi connectivity index (χ3v) is 2.74. The van der Waals surface area contributed by atoms with E-state index in [-0.39, 0.29) is 5.82 Å². The highest BCUT2D eigenvalue weighted by Crippen LogP contribution is 2.29. The molecule has 0 saturated heterocycles. The molecule has 0 amide bonds. The van der Waals surface area contributed by atoms with Crippen molar-refractivity contribution in [2.45, 2.75) is 0 Å². The summed E-state index contributed by atoms with van der Waals surface area (Å²) in [6.45, 7) is 0. The summed E-state index contributed by atoms with van der Waals surface area (Å²) < 4.78 is 15.4. The predicted molar refractivity (Wildman–Crippen MR) is 60.7 cm³/mol. The zero-order valence-corrected chi connectivity index (χ0v) is 9.62. The molecule has 0 saturated carbocycles. The fraction of sp³-hybridized carbons (Fsp3) is 0.100. The number of anilines is 1. The van der Waals surface area contributed by atoms with Gasteiger partial charge in [0.05, 0.1) is 5.69 Å². The van der Waals surface area contributed by atoms with Crippen LogP contribution in [0.25, 0.3) is 11.3 Å². The highest BCUT2D eigenvalue weighted by atomic mass is 79.9. The van der Waals surface area contributed by atoms with Gasteiger partial charge in [0.25, 0.3) is 0 Å². The van der Waals surface area contributed by atoms with Crippen molar-refractivity contribution in [1.82, 2.24) is 9.55 Å². The first-order valence-corrected chi connectivity index (χ1v) is 5.12. The van der Waals surface area contributed by atoms with Crippen LogP contribution in [0.3, 0.4) is 0 Å². The standard InChI is InChI=1S/C10H9BrFN3/c1-15-8(9(11)14-10(15)13)6-3-2-4-7(12)5-6/h2-5H,1H3,(H2,13,14). The summed E-state index contributed by atoms with van der Waals surface area (Å²) in [5.41, 5.74) is 7.16. The zero-order chi connectivity index (χ0) is 11.0. The molecule has 0 atom stereocenters. The predicted octanol–water partition coefficient (Wildman–Crippen LogP) is 2.57. The van der Waals surface area contributed by atoms with Crippen molar-refractivity contribution in [3.8, 4) is 11.3 Å². The topological polar surface area (TPSA) is 43.8 Å². The maximum absolute atomic E-state index is 13.0. The molecule has 0 fully saturated rings. The van der Waals surface area contributed by atoms with Gasteiger partial charge in [0.1, 0.15) is 10.4 Å². The quantitative estimate of drug-likeness (QED) is 0.865. The van der Waals surface area contributed by atoms with Crippen LogP contribution in [0.2, 0.25) is 0 Å². The van der Waals surface area contributed by atoms with Gasteiger partial charge >= 0.3 is 0 Å². The van der Waals surface area contributed by atoms with E-state index in [4.69, 9.17) is 5.73 Å². The van der Waals surface area contributed by atoms with Gasteiger partial charge < -0.3 is 10.3 Å². The van der Waals surface area contributed by atoms with Gasteiger partial charge in [-0.1, -0.05) is 12.1 Å². The number of nitrogens with zero attached hydrogens (tertiary/aromatic N) is 2. The molecular formula is C10H9BrFN3. The van der Waals surface area contributed by atoms with E-state index in [1.165, 1.54) is 12.1 Å². The van der Waals surface area contributed by atoms with Crippen LogP contribution in [0, 0.1) is 5.82 Å². The van der Waals surface area contributed by atoms with Crippen molar-refractivity contribution in [3.63, 3.8) is 0 Å². The first-order chi connectivity index (χ1) is 7.09. The van der Waals surface area contributed by atoms with E-state index in [0.29, 0.717) is 10.6 Å². The van der Waals surface area contributed by atoms with E-state index in [2.05, 4.69) is 20.9 Å². The Morgan fingerprint density at radius 1 is 1.47 bits per heavy atom. The maximum Gasteiger partial charge on any atom is 0.201 e. The molecular weight excluding hydrogens is 261 g/mol. The second-order valence-corrected chi connectivity index (χ2v) is 3.93. The number of hydrogen-bond acceptors (Lipinski definition) is 2. The minimum Gasteiger partial charge on any atom is -0.369 e. The Labute approximate surface area is 94.9 Å². The van der Waals surface area contributed by atoms with Crippen LogP contribution in [0.15, 0.2) is 28.9 Å². The molecule has 3 nitrogen and oxygen atoms in total. The van der Waals surface area contributed by atoms with E-state index in [1.807, 2.05) is 6.07 Å². The molecule has 0 bridgehead atoms. The summed E-state index contributed by atoms with van der Waals surface area (Å²) in [4.78, 5) is 4.05. The largest absolute Gasteiger partial charge is 0.369 e. The van der Waals surface area contributed by atoms with Gasteiger partial charge in [0, 0.05) is 12.6 Å². The lowest BCUT2D eigenvalue weighted by molar-refractivity contribution is 0.628. The third kappa shape index (κ3) is 1.74.